The molecule has 2 aromatic rings. The molecule has 0 saturated carbocycles. The van der Waals surface area contributed by atoms with Gasteiger partial charge in [0.2, 0.25) is 0 Å². The molecule has 0 aliphatic carbocycles. The first kappa shape index (κ1) is 19.1. The molecule has 0 unspecified atom stereocenters. The molecule has 1 atom stereocenters. The van der Waals surface area contributed by atoms with Crippen LogP contribution in [0, 0.1) is 0 Å². The maximum Gasteiger partial charge on any atom is 0.339 e. The van der Waals surface area contributed by atoms with Gasteiger partial charge in [-0.05, 0) is 29.7 Å². The summed E-state index contributed by atoms with van der Waals surface area (Å²) >= 11 is 5.62. The fourth-order valence-electron chi connectivity index (χ4n) is 2.15. The van der Waals surface area contributed by atoms with Gasteiger partial charge in [0, 0.05) is 5.88 Å². The molecule has 1 N–H and O–H groups in total. The average Bonchev–Trinajstić information content (AvgIpc) is 2.66. The molecule has 6 heteroatoms. The number of rotatable bonds is 9. The third-order valence-corrected chi connectivity index (χ3v) is 3.75. The van der Waals surface area contributed by atoms with E-state index in [0.29, 0.717) is 36.0 Å². The van der Waals surface area contributed by atoms with Gasteiger partial charge in [-0.15, -0.1) is 11.6 Å². The summed E-state index contributed by atoms with van der Waals surface area (Å²) < 4.78 is 16.0. The highest BCUT2D eigenvalue weighted by molar-refractivity contribution is 6.17. The number of aliphatic hydroxyl groups is 1. The normalized spacial score (nSPS) is 11.6. The largest absolute Gasteiger partial charge is 0.493 e. The Morgan fingerprint density at radius 2 is 1.92 bits per heavy atom. The number of benzene rings is 2. The Morgan fingerprint density at radius 3 is 2.60 bits per heavy atom. The lowest BCUT2D eigenvalue weighted by Gasteiger charge is -2.15. The Morgan fingerprint density at radius 1 is 1.16 bits per heavy atom. The minimum Gasteiger partial charge on any atom is -0.493 e. The topological polar surface area (TPSA) is 65.0 Å². The van der Waals surface area contributed by atoms with Crippen molar-refractivity contribution in [2.45, 2.75) is 19.1 Å². The second-order valence-corrected chi connectivity index (χ2v) is 5.68. The molecule has 0 aromatic heterocycles. The number of methoxy groups -OCH3 is 1. The summed E-state index contributed by atoms with van der Waals surface area (Å²) in [6, 6.07) is 14.1. The van der Waals surface area contributed by atoms with E-state index in [1.54, 1.807) is 18.2 Å². The highest BCUT2D eigenvalue weighted by Crippen LogP contribution is 2.31. The lowest BCUT2D eigenvalue weighted by atomic mass is 10.1. The third-order valence-electron chi connectivity index (χ3n) is 3.49. The fourth-order valence-corrected chi connectivity index (χ4v) is 2.26. The maximum atomic E-state index is 12.1. The van der Waals surface area contributed by atoms with E-state index in [2.05, 4.69) is 0 Å². The van der Waals surface area contributed by atoms with E-state index in [0.717, 1.165) is 5.56 Å². The van der Waals surface area contributed by atoms with Gasteiger partial charge < -0.3 is 19.3 Å². The van der Waals surface area contributed by atoms with Gasteiger partial charge >= 0.3 is 5.97 Å². The minimum absolute atomic E-state index is 0.105. The molecule has 0 spiro atoms. The summed E-state index contributed by atoms with van der Waals surface area (Å²) in [4.78, 5) is 12.1. The van der Waals surface area contributed by atoms with E-state index in [-0.39, 0.29) is 6.61 Å². The molecule has 2 aromatic carbocycles. The van der Waals surface area contributed by atoms with Crippen LogP contribution in [0.15, 0.2) is 48.5 Å². The molecule has 0 aliphatic rings. The lowest BCUT2D eigenvalue weighted by molar-refractivity contribution is -0.155. The minimum atomic E-state index is -1.39. The van der Waals surface area contributed by atoms with Crippen LogP contribution in [-0.2, 0) is 16.1 Å². The third kappa shape index (κ3) is 5.66. The SMILES string of the molecule is COc1cc([C@@H](O)C(=O)OCc2ccccc2)ccc1OCCCCl. The molecule has 2 rings (SSSR count). The fraction of sp³-hybridized carbons (Fsp3) is 0.316. The second-order valence-electron chi connectivity index (χ2n) is 5.30. The van der Waals surface area contributed by atoms with Gasteiger partial charge in [-0.25, -0.2) is 4.79 Å². The summed E-state index contributed by atoms with van der Waals surface area (Å²) in [5.41, 5.74) is 1.23. The highest BCUT2D eigenvalue weighted by atomic mass is 35.5. The van der Waals surface area contributed by atoms with Gasteiger partial charge in [-0.1, -0.05) is 36.4 Å². The Labute approximate surface area is 152 Å². The number of carbonyl (C=O) groups excluding carboxylic acids is 1. The summed E-state index contributed by atoms with van der Waals surface area (Å²) in [5, 5.41) is 10.2. The van der Waals surface area contributed by atoms with Crippen molar-refractivity contribution in [3.8, 4) is 11.5 Å². The van der Waals surface area contributed by atoms with Crippen molar-refractivity contribution in [1.29, 1.82) is 0 Å². The van der Waals surface area contributed by atoms with Crippen LogP contribution in [0.3, 0.4) is 0 Å². The van der Waals surface area contributed by atoms with Crippen LogP contribution in [0.2, 0.25) is 0 Å². The zero-order valence-corrected chi connectivity index (χ0v) is 14.7. The quantitative estimate of drug-likeness (QED) is 0.419. The van der Waals surface area contributed by atoms with Crippen molar-refractivity contribution in [1.82, 2.24) is 0 Å². The summed E-state index contributed by atoms with van der Waals surface area (Å²) in [7, 11) is 1.49. The number of alkyl halides is 1. The zero-order chi connectivity index (χ0) is 18.1. The van der Waals surface area contributed by atoms with Gasteiger partial charge in [-0.3, -0.25) is 0 Å². The number of aliphatic hydroxyl groups excluding tert-OH is 1. The Bertz CT molecular complexity index is 675. The average molecular weight is 365 g/mol. The van der Waals surface area contributed by atoms with Gasteiger partial charge in [0.25, 0.3) is 0 Å². The van der Waals surface area contributed by atoms with Crippen molar-refractivity contribution < 1.29 is 24.1 Å². The van der Waals surface area contributed by atoms with Gasteiger partial charge in [0.15, 0.2) is 17.6 Å². The Kier molecular flexibility index (Phi) is 7.57. The predicted molar refractivity (Wildman–Crippen MR) is 95.0 cm³/mol. The maximum absolute atomic E-state index is 12.1. The van der Waals surface area contributed by atoms with Crippen LogP contribution in [-0.4, -0.2) is 30.7 Å². The van der Waals surface area contributed by atoms with Crippen molar-refractivity contribution in [3.05, 3.63) is 59.7 Å². The van der Waals surface area contributed by atoms with Crippen LogP contribution in [0.4, 0.5) is 0 Å². The summed E-state index contributed by atoms with van der Waals surface area (Å²) in [6.45, 7) is 0.564. The summed E-state index contributed by atoms with van der Waals surface area (Å²) in [5.74, 6) is 0.747. The highest BCUT2D eigenvalue weighted by Gasteiger charge is 2.21. The van der Waals surface area contributed by atoms with Crippen molar-refractivity contribution in [2.75, 3.05) is 19.6 Å². The molecule has 0 heterocycles. The molecule has 0 aliphatic heterocycles. The second kappa shape index (κ2) is 9.91. The standard InChI is InChI=1S/C19H21ClO5/c1-23-17-12-15(8-9-16(17)24-11-5-10-20)18(21)19(22)25-13-14-6-3-2-4-7-14/h2-4,6-9,12,18,21H,5,10-11,13H2,1H3/t18-/m1/s1. The number of ether oxygens (including phenoxy) is 3. The van der Waals surface area contributed by atoms with Crippen molar-refractivity contribution in [2.24, 2.45) is 0 Å². The molecular formula is C19H21ClO5. The zero-order valence-electron chi connectivity index (χ0n) is 14.0. The van der Waals surface area contributed by atoms with Crippen LogP contribution in [0.5, 0.6) is 11.5 Å². The van der Waals surface area contributed by atoms with Gasteiger partial charge in [0.05, 0.1) is 13.7 Å². The van der Waals surface area contributed by atoms with Crippen LogP contribution >= 0.6 is 11.6 Å². The number of carbonyl (C=O) groups is 1. The van der Waals surface area contributed by atoms with Crippen molar-refractivity contribution >= 4 is 17.6 Å². The van der Waals surface area contributed by atoms with Crippen LogP contribution in [0.25, 0.3) is 0 Å². The molecule has 0 saturated heterocycles. The molecule has 25 heavy (non-hydrogen) atoms. The first-order valence-corrected chi connectivity index (χ1v) is 8.44. The van der Waals surface area contributed by atoms with Crippen molar-refractivity contribution in [3.63, 3.8) is 0 Å². The molecule has 0 radical (unpaired) electrons. The van der Waals surface area contributed by atoms with E-state index in [4.69, 9.17) is 25.8 Å². The summed E-state index contributed by atoms with van der Waals surface area (Å²) in [6.07, 6.45) is -0.685. The number of hydrogen-bond donors (Lipinski definition) is 1. The van der Waals surface area contributed by atoms with E-state index >= 15 is 0 Å². The predicted octanol–water partition coefficient (Wildman–Crippen LogP) is 3.48. The molecule has 5 nitrogen and oxygen atoms in total. The monoisotopic (exact) mass is 364 g/mol. The number of halogens is 1. The molecule has 134 valence electrons. The number of esters is 1. The van der Waals surface area contributed by atoms with Gasteiger partial charge in [0.1, 0.15) is 6.61 Å². The van der Waals surface area contributed by atoms with E-state index < -0.39 is 12.1 Å². The molecule has 0 fully saturated rings. The molecule has 0 bridgehead atoms. The van der Waals surface area contributed by atoms with Crippen LogP contribution in [0.1, 0.15) is 23.7 Å². The first-order valence-electron chi connectivity index (χ1n) is 7.91. The Hall–Kier alpha value is -2.24. The van der Waals surface area contributed by atoms with E-state index in [9.17, 15) is 9.90 Å². The Balaban J connectivity index is 2.00. The smallest absolute Gasteiger partial charge is 0.339 e. The van der Waals surface area contributed by atoms with E-state index in [1.807, 2.05) is 30.3 Å². The van der Waals surface area contributed by atoms with Gasteiger partial charge in [-0.2, -0.15) is 0 Å². The molecule has 0 amide bonds. The van der Waals surface area contributed by atoms with Crippen LogP contribution < -0.4 is 9.47 Å². The van der Waals surface area contributed by atoms with E-state index in [1.165, 1.54) is 7.11 Å². The molecular weight excluding hydrogens is 344 g/mol. The lowest BCUT2D eigenvalue weighted by Crippen LogP contribution is -2.15. The first-order chi connectivity index (χ1) is 12.2. The number of hydrogen-bond acceptors (Lipinski definition) is 5.